The first-order valence-electron chi connectivity index (χ1n) is 10.7. The SMILES string of the molecule is CCCCCCN(CCCCCC)c1ccc2c(c1)Sc1ccccc1N2. The number of fused-ring (bicyclic) bond motifs is 2. The van der Waals surface area contributed by atoms with Crippen LogP contribution in [0.4, 0.5) is 17.1 Å². The first-order valence-corrected chi connectivity index (χ1v) is 11.6. The van der Waals surface area contributed by atoms with Crippen molar-refractivity contribution in [2.24, 2.45) is 0 Å². The molecule has 0 radical (unpaired) electrons. The Hall–Kier alpha value is -1.61. The van der Waals surface area contributed by atoms with Crippen LogP contribution in [0, 0.1) is 0 Å². The highest BCUT2D eigenvalue weighted by Crippen LogP contribution is 2.45. The molecule has 1 N–H and O–H groups in total. The van der Waals surface area contributed by atoms with Gasteiger partial charge in [-0.05, 0) is 43.2 Å². The largest absolute Gasteiger partial charge is 0.372 e. The predicted molar refractivity (Wildman–Crippen MR) is 121 cm³/mol. The number of anilines is 3. The molecule has 1 aliphatic rings. The molecule has 27 heavy (non-hydrogen) atoms. The van der Waals surface area contributed by atoms with E-state index in [1.807, 2.05) is 11.8 Å². The van der Waals surface area contributed by atoms with Crippen molar-refractivity contribution < 1.29 is 0 Å². The minimum absolute atomic E-state index is 1.18. The molecule has 2 aromatic rings. The highest BCUT2D eigenvalue weighted by atomic mass is 32.2. The van der Waals surface area contributed by atoms with Gasteiger partial charge in [-0.3, -0.25) is 0 Å². The van der Waals surface area contributed by atoms with Gasteiger partial charge in [0, 0.05) is 28.6 Å². The molecule has 0 aliphatic carbocycles. The van der Waals surface area contributed by atoms with Crippen LogP contribution in [0.2, 0.25) is 0 Å². The van der Waals surface area contributed by atoms with E-state index in [2.05, 4.69) is 66.5 Å². The zero-order valence-corrected chi connectivity index (χ0v) is 17.8. The predicted octanol–water partition coefficient (Wildman–Crippen LogP) is 7.86. The van der Waals surface area contributed by atoms with E-state index in [9.17, 15) is 0 Å². The fraction of sp³-hybridized carbons (Fsp3) is 0.500. The van der Waals surface area contributed by atoms with Crippen molar-refractivity contribution in [3.05, 3.63) is 42.5 Å². The van der Waals surface area contributed by atoms with Crippen molar-refractivity contribution in [1.29, 1.82) is 0 Å². The van der Waals surface area contributed by atoms with Crippen LogP contribution in [0.1, 0.15) is 65.2 Å². The van der Waals surface area contributed by atoms with Crippen molar-refractivity contribution in [2.75, 3.05) is 23.3 Å². The van der Waals surface area contributed by atoms with Crippen LogP contribution in [0.5, 0.6) is 0 Å². The van der Waals surface area contributed by atoms with Gasteiger partial charge in [-0.25, -0.2) is 0 Å². The third kappa shape index (κ3) is 5.68. The fourth-order valence-corrected chi connectivity index (χ4v) is 4.67. The topological polar surface area (TPSA) is 15.3 Å². The van der Waals surface area contributed by atoms with Crippen molar-refractivity contribution >= 4 is 28.8 Å². The standard InChI is InChI=1S/C24H34N2S/c1-3-5-7-11-17-26(18-12-8-6-4-2)20-15-16-22-24(19-20)27-23-14-10-9-13-21(23)25-22/h9-10,13-16,19,25H,3-8,11-12,17-18H2,1-2H3. The maximum absolute atomic E-state index is 3.59. The summed E-state index contributed by atoms with van der Waals surface area (Å²) in [5, 5.41) is 3.59. The molecule has 0 saturated heterocycles. The summed E-state index contributed by atoms with van der Waals surface area (Å²) in [4.78, 5) is 5.28. The van der Waals surface area contributed by atoms with E-state index in [1.54, 1.807) is 0 Å². The molecule has 0 aromatic heterocycles. The summed E-state index contributed by atoms with van der Waals surface area (Å²) in [6, 6.07) is 15.5. The molecule has 3 rings (SSSR count). The van der Waals surface area contributed by atoms with Crippen LogP contribution in [0.25, 0.3) is 0 Å². The van der Waals surface area contributed by atoms with Gasteiger partial charge in [-0.15, -0.1) is 0 Å². The molecule has 146 valence electrons. The Labute approximate surface area is 169 Å². The van der Waals surface area contributed by atoms with Crippen LogP contribution in [-0.2, 0) is 0 Å². The highest BCUT2D eigenvalue weighted by Gasteiger charge is 2.17. The number of rotatable bonds is 11. The van der Waals surface area contributed by atoms with Gasteiger partial charge in [0.1, 0.15) is 0 Å². The molecule has 3 heteroatoms. The number of unbranched alkanes of at least 4 members (excludes halogenated alkanes) is 6. The van der Waals surface area contributed by atoms with Gasteiger partial charge in [0.15, 0.2) is 0 Å². The number of benzene rings is 2. The smallest absolute Gasteiger partial charge is 0.0527 e. The zero-order chi connectivity index (χ0) is 18.9. The Bertz CT molecular complexity index is 701. The molecule has 0 bridgehead atoms. The second-order valence-corrected chi connectivity index (χ2v) is 8.60. The van der Waals surface area contributed by atoms with Gasteiger partial charge >= 0.3 is 0 Å². The number of hydrogen-bond donors (Lipinski definition) is 1. The Morgan fingerprint density at radius 2 is 1.41 bits per heavy atom. The Morgan fingerprint density at radius 1 is 0.741 bits per heavy atom. The summed E-state index contributed by atoms with van der Waals surface area (Å²) in [5.41, 5.74) is 3.84. The molecule has 0 saturated carbocycles. The normalized spacial score (nSPS) is 12.2. The molecular weight excluding hydrogens is 348 g/mol. The summed E-state index contributed by atoms with van der Waals surface area (Å²) in [7, 11) is 0. The lowest BCUT2D eigenvalue weighted by Crippen LogP contribution is -2.25. The van der Waals surface area contributed by atoms with Crippen molar-refractivity contribution in [3.63, 3.8) is 0 Å². The number of hydrogen-bond acceptors (Lipinski definition) is 3. The van der Waals surface area contributed by atoms with E-state index >= 15 is 0 Å². The van der Waals surface area contributed by atoms with E-state index in [1.165, 1.54) is 91.3 Å². The Morgan fingerprint density at radius 3 is 2.11 bits per heavy atom. The molecule has 0 unspecified atom stereocenters. The summed E-state index contributed by atoms with van der Waals surface area (Å²) < 4.78 is 0. The van der Waals surface area contributed by atoms with Gasteiger partial charge < -0.3 is 10.2 Å². The lowest BCUT2D eigenvalue weighted by Gasteiger charge is -2.28. The third-order valence-electron chi connectivity index (χ3n) is 5.27. The molecular formula is C24H34N2S. The molecule has 0 spiro atoms. The van der Waals surface area contributed by atoms with E-state index < -0.39 is 0 Å². The summed E-state index contributed by atoms with van der Waals surface area (Å²) in [6.07, 6.45) is 10.6. The average molecular weight is 383 g/mol. The van der Waals surface area contributed by atoms with Gasteiger partial charge in [0.25, 0.3) is 0 Å². The number of nitrogens with one attached hydrogen (secondary N) is 1. The minimum Gasteiger partial charge on any atom is -0.372 e. The van der Waals surface area contributed by atoms with Gasteiger partial charge in [-0.2, -0.15) is 0 Å². The van der Waals surface area contributed by atoms with Gasteiger partial charge in [-0.1, -0.05) is 76.3 Å². The molecule has 0 fully saturated rings. The first kappa shape index (κ1) is 20.1. The lowest BCUT2D eigenvalue weighted by molar-refractivity contribution is 0.608. The highest BCUT2D eigenvalue weighted by molar-refractivity contribution is 7.99. The average Bonchev–Trinajstić information content (AvgIpc) is 2.70. The van der Waals surface area contributed by atoms with E-state index in [0.29, 0.717) is 0 Å². The molecule has 2 nitrogen and oxygen atoms in total. The fourth-order valence-electron chi connectivity index (χ4n) is 3.65. The van der Waals surface area contributed by atoms with Crippen LogP contribution in [0.15, 0.2) is 52.3 Å². The summed E-state index contributed by atoms with van der Waals surface area (Å²) in [6.45, 7) is 6.93. The van der Waals surface area contributed by atoms with Crippen molar-refractivity contribution in [2.45, 2.75) is 75.0 Å². The van der Waals surface area contributed by atoms with Crippen LogP contribution >= 0.6 is 11.8 Å². The minimum atomic E-state index is 1.18. The Kier molecular flexibility index (Phi) is 7.94. The van der Waals surface area contributed by atoms with Crippen LogP contribution in [0.3, 0.4) is 0 Å². The quantitative estimate of drug-likeness (QED) is 0.340. The molecule has 1 heterocycles. The number of para-hydroxylation sites is 1. The van der Waals surface area contributed by atoms with Crippen LogP contribution < -0.4 is 10.2 Å². The zero-order valence-electron chi connectivity index (χ0n) is 17.0. The van der Waals surface area contributed by atoms with E-state index in [0.717, 1.165) is 0 Å². The second kappa shape index (κ2) is 10.7. The van der Waals surface area contributed by atoms with Gasteiger partial charge in [0.2, 0.25) is 0 Å². The maximum atomic E-state index is 3.59. The third-order valence-corrected chi connectivity index (χ3v) is 6.40. The summed E-state index contributed by atoms with van der Waals surface area (Å²) >= 11 is 1.89. The first-order chi connectivity index (χ1) is 13.3. The Balaban J connectivity index is 1.70. The van der Waals surface area contributed by atoms with E-state index in [4.69, 9.17) is 0 Å². The van der Waals surface area contributed by atoms with Crippen molar-refractivity contribution in [3.8, 4) is 0 Å². The van der Waals surface area contributed by atoms with E-state index in [-0.39, 0.29) is 0 Å². The monoisotopic (exact) mass is 382 g/mol. The maximum Gasteiger partial charge on any atom is 0.0527 e. The summed E-state index contributed by atoms with van der Waals surface area (Å²) in [5.74, 6) is 0. The lowest BCUT2D eigenvalue weighted by atomic mass is 10.1. The number of nitrogens with zero attached hydrogens (tertiary/aromatic N) is 1. The molecule has 0 atom stereocenters. The van der Waals surface area contributed by atoms with Crippen molar-refractivity contribution in [1.82, 2.24) is 0 Å². The molecule has 1 aliphatic heterocycles. The molecule has 2 aromatic carbocycles. The van der Waals surface area contributed by atoms with Gasteiger partial charge in [0.05, 0.1) is 11.4 Å². The molecule has 0 amide bonds. The second-order valence-electron chi connectivity index (χ2n) is 7.51. The van der Waals surface area contributed by atoms with Crippen LogP contribution in [-0.4, -0.2) is 13.1 Å².